The van der Waals surface area contributed by atoms with Gasteiger partial charge in [-0.1, -0.05) is 35.9 Å². The van der Waals surface area contributed by atoms with Gasteiger partial charge in [0, 0.05) is 42.9 Å². The molecular formula is C39H41F3N4O5. The van der Waals surface area contributed by atoms with Crippen molar-refractivity contribution in [3.63, 3.8) is 0 Å². The number of carbonyl (C=O) groups excluding carboxylic acids is 1. The maximum Gasteiger partial charge on any atom is 0.387 e. The van der Waals surface area contributed by atoms with Gasteiger partial charge in [0.15, 0.2) is 0 Å². The third-order valence-corrected chi connectivity index (χ3v) is 10.2. The fourth-order valence-corrected chi connectivity index (χ4v) is 8.18. The highest BCUT2D eigenvalue weighted by Crippen LogP contribution is 2.44. The lowest BCUT2D eigenvalue weighted by atomic mass is 9.85. The average molecular weight is 703 g/mol. The van der Waals surface area contributed by atoms with E-state index in [4.69, 9.17) is 19.5 Å². The number of carbonyl (C=O) groups is 2. The Labute approximate surface area is 294 Å². The van der Waals surface area contributed by atoms with Gasteiger partial charge in [0.2, 0.25) is 0 Å². The van der Waals surface area contributed by atoms with Gasteiger partial charge in [0.1, 0.15) is 28.8 Å². The summed E-state index contributed by atoms with van der Waals surface area (Å²) in [6.45, 7) is 3.60. The molecule has 9 nitrogen and oxygen atoms in total. The largest absolute Gasteiger partial charge is 0.481 e. The van der Waals surface area contributed by atoms with Crippen molar-refractivity contribution < 1.29 is 37.3 Å². The van der Waals surface area contributed by atoms with E-state index in [-0.39, 0.29) is 36.3 Å². The molecule has 1 N–H and O–H groups in total. The standard InChI is InChI=1S/C39H41F3N4O5/c1-39(2,3)51-35(47)16-22-11-14-30(26-8-4-5-9-32(26)50-38(41)42)46-31-17-27(28(40)18-29(31)44-34(46)15-22)23-7-6-10-33(43-19-23)45-20-24-12-13-25(21-45)36(24)37(48)49/h4-5,7-11,17-19,24-25,30,36,38H,6,12-16,20-21H2,1-3H3,(H,48,49)/t24-,25+,30-,36?/m1/s1. The first-order valence-corrected chi connectivity index (χ1v) is 17.4. The van der Waals surface area contributed by atoms with E-state index in [0.717, 1.165) is 24.2 Å². The smallest absolute Gasteiger partial charge is 0.387 e. The number of benzene rings is 2. The molecule has 1 aromatic heterocycles. The van der Waals surface area contributed by atoms with Gasteiger partial charge in [-0.2, -0.15) is 8.78 Å². The summed E-state index contributed by atoms with van der Waals surface area (Å²) in [6, 6.07) is 9.16. The molecule has 1 saturated carbocycles. The monoisotopic (exact) mass is 702 g/mol. The number of aromatic nitrogens is 2. The second-order valence-electron chi connectivity index (χ2n) is 14.8. The van der Waals surface area contributed by atoms with Crippen molar-refractivity contribution in [1.82, 2.24) is 14.5 Å². The number of para-hydroxylation sites is 1. The fourth-order valence-electron chi connectivity index (χ4n) is 8.18. The SMILES string of the molecule is CC(C)(C)OC(=O)CC1=CC[C@H](c2ccccc2OC(F)F)n2c(nc3cc(F)c(C4=CCC=C(N5C[C@H]6CC[C@@H](C5)C6C(=O)O)N=C4)cc32)C1. The molecule has 3 aliphatic heterocycles. The van der Waals surface area contributed by atoms with Crippen LogP contribution in [0.25, 0.3) is 16.6 Å². The summed E-state index contributed by atoms with van der Waals surface area (Å²) < 4.78 is 55.6. The highest BCUT2D eigenvalue weighted by Gasteiger charge is 2.46. The van der Waals surface area contributed by atoms with Crippen LogP contribution >= 0.6 is 0 Å². The van der Waals surface area contributed by atoms with Crippen molar-refractivity contribution >= 4 is 34.8 Å². The van der Waals surface area contributed by atoms with E-state index in [9.17, 15) is 23.5 Å². The number of carboxylic acid groups (broad SMARTS) is 1. The molecule has 51 heavy (non-hydrogen) atoms. The Morgan fingerprint density at radius 2 is 1.80 bits per heavy atom. The maximum atomic E-state index is 16.0. The number of halogens is 3. The summed E-state index contributed by atoms with van der Waals surface area (Å²) in [7, 11) is 0. The van der Waals surface area contributed by atoms with Crippen LogP contribution in [0.15, 0.2) is 71.0 Å². The molecule has 3 aromatic rings. The first kappa shape index (κ1) is 34.6. The minimum atomic E-state index is -3.03. The van der Waals surface area contributed by atoms with Crippen LogP contribution in [-0.4, -0.2) is 63.0 Å². The lowest BCUT2D eigenvalue weighted by Gasteiger charge is -2.37. The number of hydrogen-bond donors (Lipinski definition) is 1. The third-order valence-electron chi connectivity index (χ3n) is 10.2. The van der Waals surface area contributed by atoms with Crippen molar-refractivity contribution in [2.75, 3.05) is 13.1 Å². The summed E-state index contributed by atoms with van der Waals surface area (Å²) in [6.07, 6.45) is 10.4. The van der Waals surface area contributed by atoms with Gasteiger partial charge in [0.05, 0.1) is 29.4 Å². The number of allylic oxidation sites excluding steroid dienone is 4. The Bertz CT molecular complexity index is 1980. The number of alkyl halides is 2. The van der Waals surface area contributed by atoms with E-state index in [1.165, 1.54) is 12.1 Å². The molecule has 4 aliphatic rings. The number of piperidine rings is 1. The quantitative estimate of drug-likeness (QED) is 0.189. The molecule has 4 heterocycles. The van der Waals surface area contributed by atoms with E-state index in [1.807, 2.05) is 22.8 Å². The lowest BCUT2D eigenvalue weighted by Crippen LogP contribution is -2.43. The first-order chi connectivity index (χ1) is 24.3. The van der Waals surface area contributed by atoms with Gasteiger partial charge < -0.3 is 24.0 Å². The summed E-state index contributed by atoms with van der Waals surface area (Å²) >= 11 is 0. The average Bonchev–Trinajstić information content (AvgIpc) is 3.31. The zero-order valence-electron chi connectivity index (χ0n) is 28.8. The molecule has 268 valence electrons. The Hall–Kier alpha value is -4.87. The summed E-state index contributed by atoms with van der Waals surface area (Å²) in [5.74, 6) is -0.445. The molecule has 0 spiro atoms. The maximum absolute atomic E-state index is 16.0. The van der Waals surface area contributed by atoms with E-state index in [0.29, 0.717) is 59.5 Å². The number of hydrogen-bond acceptors (Lipinski definition) is 7. The van der Waals surface area contributed by atoms with Crippen LogP contribution in [0.4, 0.5) is 13.2 Å². The van der Waals surface area contributed by atoms with Gasteiger partial charge in [-0.15, -0.1) is 0 Å². The Morgan fingerprint density at radius 1 is 1.06 bits per heavy atom. The molecule has 2 bridgehead atoms. The van der Waals surface area contributed by atoms with E-state index < -0.39 is 36.0 Å². The molecule has 12 heteroatoms. The Balaban J connectivity index is 1.24. The van der Waals surface area contributed by atoms with Crippen LogP contribution in [0.1, 0.15) is 75.9 Å². The van der Waals surface area contributed by atoms with E-state index in [2.05, 4.69) is 4.90 Å². The number of esters is 1. The van der Waals surface area contributed by atoms with Gasteiger partial charge in [0.25, 0.3) is 0 Å². The summed E-state index contributed by atoms with van der Waals surface area (Å²) in [5, 5.41) is 9.74. The molecule has 2 aromatic carbocycles. The van der Waals surface area contributed by atoms with Crippen molar-refractivity contribution in [1.29, 1.82) is 0 Å². The number of fused-ring (bicyclic) bond motifs is 5. The van der Waals surface area contributed by atoms with Crippen LogP contribution in [0, 0.1) is 23.6 Å². The molecule has 4 atom stereocenters. The molecular weight excluding hydrogens is 661 g/mol. The van der Waals surface area contributed by atoms with Crippen LogP contribution in [-0.2, 0) is 20.7 Å². The molecule has 1 saturated heterocycles. The second kappa shape index (κ2) is 13.7. The van der Waals surface area contributed by atoms with Crippen molar-refractivity contribution in [3.05, 3.63) is 88.8 Å². The Morgan fingerprint density at radius 3 is 2.51 bits per heavy atom. The third kappa shape index (κ3) is 7.18. The lowest BCUT2D eigenvalue weighted by molar-refractivity contribution is -0.154. The molecule has 1 unspecified atom stereocenters. The zero-order chi connectivity index (χ0) is 36.0. The highest BCUT2D eigenvalue weighted by atomic mass is 19.3. The minimum Gasteiger partial charge on any atom is -0.481 e. The van der Waals surface area contributed by atoms with Crippen LogP contribution in [0.3, 0.4) is 0 Å². The number of nitrogens with zero attached hydrogens (tertiary/aromatic N) is 4. The molecule has 1 aliphatic carbocycles. The minimum absolute atomic E-state index is 0.0228. The number of carboxylic acids is 1. The van der Waals surface area contributed by atoms with Crippen molar-refractivity contribution in [3.8, 4) is 5.75 Å². The number of rotatable bonds is 8. The molecule has 7 rings (SSSR count). The van der Waals surface area contributed by atoms with Crippen molar-refractivity contribution in [2.45, 2.75) is 77.6 Å². The van der Waals surface area contributed by atoms with Gasteiger partial charge in [-0.05, 0) is 82.1 Å². The van der Waals surface area contributed by atoms with E-state index in [1.54, 1.807) is 51.3 Å². The van der Waals surface area contributed by atoms with Crippen LogP contribution in [0.5, 0.6) is 5.75 Å². The van der Waals surface area contributed by atoms with Crippen LogP contribution < -0.4 is 4.74 Å². The normalized spacial score (nSPS) is 23.3. The van der Waals surface area contributed by atoms with E-state index >= 15 is 4.39 Å². The molecule has 0 radical (unpaired) electrons. The Kier molecular flexibility index (Phi) is 9.28. The number of imidazole rings is 1. The fraction of sp³-hybridized carbons (Fsp3) is 0.436. The van der Waals surface area contributed by atoms with Gasteiger partial charge in [-0.3, -0.25) is 9.59 Å². The number of aliphatic carboxylic acids is 1. The summed E-state index contributed by atoms with van der Waals surface area (Å²) in [5.41, 5.74) is 2.48. The van der Waals surface area contributed by atoms with Crippen LogP contribution in [0.2, 0.25) is 0 Å². The predicted octanol–water partition coefficient (Wildman–Crippen LogP) is 7.71. The zero-order valence-corrected chi connectivity index (χ0v) is 28.8. The molecule has 2 fully saturated rings. The summed E-state index contributed by atoms with van der Waals surface area (Å²) in [4.78, 5) is 36.4. The number of aliphatic imine (C=N–C) groups is 1. The number of ether oxygens (including phenoxy) is 2. The van der Waals surface area contributed by atoms with Gasteiger partial charge >= 0.3 is 18.6 Å². The predicted molar refractivity (Wildman–Crippen MR) is 186 cm³/mol. The van der Waals surface area contributed by atoms with Crippen molar-refractivity contribution in [2.24, 2.45) is 22.7 Å². The topological polar surface area (TPSA) is 106 Å². The first-order valence-electron chi connectivity index (χ1n) is 17.4. The highest BCUT2D eigenvalue weighted by molar-refractivity contribution is 6.11. The second-order valence-corrected chi connectivity index (χ2v) is 14.8. The molecule has 0 amide bonds. The van der Waals surface area contributed by atoms with Gasteiger partial charge in [-0.25, -0.2) is 14.4 Å². The number of likely N-dealkylation sites (tertiary alicyclic amines) is 1.